The molecule has 10 heteroatoms. The van der Waals surface area contributed by atoms with Crippen LogP contribution in [-0.4, -0.2) is 32.6 Å². The van der Waals surface area contributed by atoms with Crippen LogP contribution in [0.4, 0.5) is 5.69 Å². The van der Waals surface area contributed by atoms with E-state index in [0.29, 0.717) is 34.3 Å². The molecule has 1 atom stereocenters. The number of H-pyrrole nitrogens is 1. The van der Waals surface area contributed by atoms with Gasteiger partial charge in [-0.15, -0.1) is 0 Å². The Bertz CT molecular complexity index is 1060. The lowest BCUT2D eigenvalue weighted by atomic mass is 10.1. The predicted molar refractivity (Wildman–Crippen MR) is 99.1 cm³/mol. The number of hydrogen-bond donors (Lipinski definition) is 1. The van der Waals surface area contributed by atoms with E-state index >= 15 is 0 Å². The maximum Gasteiger partial charge on any atom is 0.270 e. The second-order valence-electron chi connectivity index (χ2n) is 5.95. The number of benzene rings is 1. The average Bonchev–Trinajstić information content (AvgIpc) is 3.41. The lowest BCUT2D eigenvalue weighted by Crippen LogP contribution is -2.05. The molecule has 1 N–H and O–H groups in total. The Hall–Kier alpha value is -3.11. The number of hydrogen-bond acceptors (Lipinski definition) is 7. The van der Waals surface area contributed by atoms with Crippen molar-refractivity contribution in [2.45, 2.75) is 18.9 Å². The zero-order valence-corrected chi connectivity index (χ0v) is 14.9. The van der Waals surface area contributed by atoms with Gasteiger partial charge < -0.3 is 9.15 Å². The molecule has 0 saturated carbocycles. The molecule has 1 aliphatic heterocycles. The fourth-order valence-corrected chi connectivity index (χ4v) is 3.06. The first-order valence-corrected chi connectivity index (χ1v) is 8.70. The summed E-state index contributed by atoms with van der Waals surface area (Å²) in [6.07, 6.45) is 3.23. The Balaban J connectivity index is 1.58. The van der Waals surface area contributed by atoms with Crippen molar-refractivity contribution < 1.29 is 14.1 Å². The number of nitrogens with one attached hydrogen (secondary N) is 1. The molecule has 1 fully saturated rings. The van der Waals surface area contributed by atoms with Crippen molar-refractivity contribution in [1.29, 1.82) is 0 Å². The van der Waals surface area contributed by atoms with Crippen molar-refractivity contribution in [2.24, 2.45) is 5.10 Å². The van der Waals surface area contributed by atoms with E-state index in [1.165, 1.54) is 23.0 Å². The van der Waals surface area contributed by atoms with E-state index in [1.807, 2.05) is 0 Å². The largest absolute Gasteiger partial charge is 0.455 e. The Labute approximate surface area is 158 Å². The number of non-ortho nitro benzene ring substituents is 1. The van der Waals surface area contributed by atoms with Gasteiger partial charge in [0, 0.05) is 24.3 Å². The van der Waals surface area contributed by atoms with E-state index in [0.717, 1.165) is 12.8 Å². The number of rotatable bonds is 5. The van der Waals surface area contributed by atoms with Crippen LogP contribution in [0.1, 0.15) is 30.5 Å². The van der Waals surface area contributed by atoms with Crippen LogP contribution in [0.15, 0.2) is 45.9 Å². The van der Waals surface area contributed by atoms with Crippen LogP contribution in [0.2, 0.25) is 0 Å². The molecule has 0 spiro atoms. The van der Waals surface area contributed by atoms with Crippen LogP contribution in [0.5, 0.6) is 0 Å². The van der Waals surface area contributed by atoms with Gasteiger partial charge in [0.05, 0.1) is 11.1 Å². The second kappa shape index (κ2) is 7.25. The molecule has 138 valence electrons. The highest BCUT2D eigenvalue weighted by Gasteiger charge is 2.23. The minimum Gasteiger partial charge on any atom is -0.455 e. The van der Waals surface area contributed by atoms with Gasteiger partial charge in [-0.1, -0.05) is 12.1 Å². The summed E-state index contributed by atoms with van der Waals surface area (Å²) < 4.78 is 13.2. The summed E-state index contributed by atoms with van der Waals surface area (Å²) in [4.78, 5) is 10.5. The smallest absolute Gasteiger partial charge is 0.270 e. The maximum absolute atomic E-state index is 10.9. The maximum atomic E-state index is 10.9. The molecule has 0 bridgehead atoms. The van der Waals surface area contributed by atoms with Crippen molar-refractivity contribution in [1.82, 2.24) is 14.9 Å². The van der Waals surface area contributed by atoms with Gasteiger partial charge in [-0.25, -0.2) is 0 Å². The van der Waals surface area contributed by atoms with Gasteiger partial charge >= 0.3 is 0 Å². The Morgan fingerprint density at radius 2 is 2.30 bits per heavy atom. The number of nitro groups is 1. The first-order valence-electron chi connectivity index (χ1n) is 8.30. The monoisotopic (exact) mass is 385 g/mol. The van der Waals surface area contributed by atoms with Crippen molar-refractivity contribution in [3.05, 3.63) is 62.9 Å². The van der Waals surface area contributed by atoms with Crippen LogP contribution in [0, 0.1) is 14.9 Å². The van der Waals surface area contributed by atoms with Crippen molar-refractivity contribution >= 4 is 24.1 Å². The van der Waals surface area contributed by atoms with Gasteiger partial charge in [0.15, 0.2) is 5.82 Å². The molecule has 4 rings (SSSR count). The standard InChI is InChI=1S/C17H15N5O4S/c23-22(24)12-4-1-3-11(9-12)14-7-6-13(26-14)10-18-21-16(19-20-17(21)27)15-5-2-8-25-15/h1,3-4,6-7,9-10,15H,2,5,8H2,(H,20,27)/b18-10-/t15-/m0/s1. The van der Waals surface area contributed by atoms with E-state index in [2.05, 4.69) is 15.3 Å². The van der Waals surface area contributed by atoms with Gasteiger partial charge in [0.2, 0.25) is 4.77 Å². The molecule has 1 aliphatic rings. The predicted octanol–water partition coefficient (Wildman–Crippen LogP) is 3.84. The fraction of sp³-hybridized carbons (Fsp3) is 0.235. The molecule has 1 saturated heterocycles. The number of nitro benzene ring substituents is 1. The minimum absolute atomic E-state index is 0.00465. The molecule has 2 aromatic heterocycles. The van der Waals surface area contributed by atoms with E-state index in [-0.39, 0.29) is 11.8 Å². The Morgan fingerprint density at radius 3 is 3.07 bits per heavy atom. The van der Waals surface area contributed by atoms with E-state index < -0.39 is 4.92 Å². The summed E-state index contributed by atoms with van der Waals surface area (Å²) in [5.41, 5.74) is 0.619. The third-order valence-corrected chi connectivity index (χ3v) is 4.43. The van der Waals surface area contributed by atoms with Gasteiger partial charge in [-0.05, 0) is 37.2 Å². The lowest BCUT2D eigenvalue weighted by Gasteiger charge is -2.06. The van der Waals surface area contributed by atoms with Crippen LogP contribution in [0.3, 0.4) is 0 Å². The minimum atomic E-state index is -0.442. The SMILES string of the molecule is O=[N+]([O-])c1cccc(-c2ccc(/C=N\n3c([C@@H]4CCCO4)n[nH]c3=S)o2)c1. The van der Waals surface area contributed by atoms with E-state index in [4.69, 9.17) is 21.4 Å². The molecule has 1 aromatic carbocycles. The zero-order valence-electron chi connectivity index (χ0n) is 14.1. The van der Waals surface area contributed by atoms with Gasteiger partial charge in [-0.3, -0.25) is 15.2 Å². The van der Waals surface area contributed by atoms with Crippen molar-refractivity contribution in [3.8, 4) is 11.3 Å². The lowest BCUT2D eigenvalue weighted by molar-refractivity contribution is -0.384. The highest BCUT2D eigenvalue weighted by molar-refractivity contribution is 7.71. The first-order chi connectivity index (χ1) is 13.1. The summed E-state index contributed by atoms with van der Waals surface area (Å²) in [6, 6.07) is 9.71. The highest BCUT2D eigenvalue weighted by Crippen LogP contribution is 2.27. The molecule has 0 amide bonds. The molecular formula is C17H15N5O4S. The number of nitrogens with zero attached hydrogens (tertiary/aromatic N) is 4. The zero-order chi connectivity index (χ0) is 18.8. The highest BCUT2D eigenvalue weighted by atomic mass is 32.1. The molecule has 3 heterocycles. The number of furan rings is 1. The molecule has 0 radical (unpaired) electrons. The molecule has 9 nitrogen and oxygen atoms in total. The van der Waals surface area contributed by atoms with Gasteiger partial charge in [-0.2, -0.15) is 14.9 Å². The quantitative estimate of drug-likeness (QED) is 0.309. The third kappa shape index (κ3) is 3.57. The normalized spacial score (nSPS) is 17.0. The van der Waals surface area contributed by atoms with Gasteiger partial charge in [0.1, 0.15) is 17.6 Å². The Morgan fingerprint density at radius 1 is 1.41 bits per heavy atom. The van der Waals surface area contributed by atoms with Crippen molar-refractivity contribution in [2.75, 3.05) is 6.61 Å². The van der Waals surface area contributed by atoms with Gasteiger partial charge in [0.25, 0.3) is 5.69 Å². The van der Waals surface area contributed by atoms with Crippen LogP contribution in [-0.2, 0) is 4.74 Å². The number of ether oxygens (including phenoxy) is 1. The molecule has 27 heavy (non-hydrogen) atoms. The fourth-order valence-electron chi connectivity index (χ4n) is 2.87. The van der Waals surface area contributed by atoms with Crippen LogP contribution in [0.25, 0.3) is 11.3 Å². The average molecular weight is 385 g/mol. The summed E-state index contributed by atoms with van der Waals surface area (Å²) in [5.74, 6) is 1.62. The summed E-state index contributed by atoms with van der Waals surface area (Å²) >= 11 is 5.23. The summed E-state index contributed by atoms with van der Waals surface area (Å²) in [6.45, 7) is 0.693. The summed E-state index contributed by atoms with van der Waals surface area (Å²) in [5, 5.41) is 22.2. The molecular weight excluding hydrogens is 370 g/mol. The number of aromatic amines is 1. The van der Waals surface area contributed by atoms with E-state index in [1.54, 1.807) is 24.3 Å². The molecule has 0 unspecified atom stereocenters. The second-order valence-corrected chi connectivity index (χ2v) is 6.34. The van der Waals surface area contributed by atoms with Crippen LogP contribution >= 0.6 is 12.2 Å². The molecule has 3 aromatic rings. The first kappa shape index (κ1) is 17.3. The Kier molecular flexibility index (Phi) is 4.65. The molecule has 0 aliphatic carbocycles. The topological polar surface area (TPSA) is 111 Å². The van der Waals surface area contributed by atoms with E-state index in [9.17, 15) is 10.1 Å². The third-order valence-electron chi connectivity index (χ3n) is 4.16. The van der Waals surface area contributed by atoms with Crippen molar-refractivity contribution in [3.63, 3.8) is 0 Å². The van der Waals surface area contributed by atoms with Crippen LogP contribution < -0.4 is 0 Å². The summed E-state index contributed by atoms with van der Waals surface area (Å²) in [7, 11) is 0. The number of aromatic nitrogens is 3.